The summed E-state index contributed by atoms with van der Waals surface area (Å²) in [5.74, 6) is -1.59. The lowest BCUT2D eigenvalue weighted by Crippen LogP contribution is -2.41. The van der Waals surface area contributed by atoms with E-state index in [-0.39, 0.29) is 5.76 Å². The molecule has 114 valence electrons. The molecule has 0 spiro atoms. The van der Waals surface area contributed by atoms with Crippen molar-refractivity contribution in [2.75, 3.05) is 7.05 Å². The van der Waals surface area contributed by atoms with Gasteiger partial charge in [0.1, 0.15) is 0 Å². The number of benzene rings is 1. The zero-order valence-corrected chi connectivity index (χ0v) is 11.7. The molecule has 0 aliphatic rings. The van der Waals surface area contributed by atoms with Crippen LogP contribution in [0, 0.1) is 0 Å². The highest BCUT2D eigenvalue weighted by Crippen LogP contribution is 2.19. The van der Waals surface area contributed by atoms with Crippen molar-refractivity contribution in [2.24, 2.45) is 0 Å². The molecule has 0 bridgehead atoms. The fourth-order valence-electron chi connectivity index (χ4n) is 1.70. The van der Waals surface area contributed by atoms with E-state index in [0.29, 0.717) is 5.56 Å². The van der Waals surface area contributed by atoms with E-state index in [1.807, 2.05) is 0 Å². The second-order valence-electron chi connectivity index (χ2n) is 4.24. The third-order valence-corrected chi connectivity index (χ3v) is 2.75. The van der Waals surface area contributed by atoms with Crippen LogP contribution in [0.3, 0.4) is 0 Å². The summed E-state index contributed by atoms with van der Waals surface area (Å²) in [7, 11) is 1.37. The number of carbonyl (C=O) groups is 3. The Morgan fingerprint density at radius 3 is 2.41 bits per heavy atom. The van der Waals surface area contributed by atoms with Crippen LogP contribution in [0.15, 0.2) is 53.1 Å². The normalized spacial score (nSPS) is 11.3. The number of amides is 3. The molecule has 0 fully saturated rings. The fraction of sp³-hybridized carbons (Fsp3) is 0.133. The number of furan rings is 1. The molecule has 1 heterocycles. The van der Waals surface area contributed by atoms with Gasteiger partial charge in [-0.1, -0.05) is 30.3 Å². The van der Waals surface area contributed by atoms with Gasteiger partial charge in [-0.3, -0.25) is 10.1 Å². The van der Waals surface area contributed by atoms with Crippen molar-refractivity contribution in [3.63, 3.8) is 0 Å². The first-order valence-corrected chi connectivity index (χ1v) is 6.44. The molecule has 2 N–H and O–H groups in total. The summed E-state index contributed by atoms with van der Waals surface area (Å²) in [6.45, 7) is 0. The van der Waals surface area contributed by atoms with Crippen molar-refractivity contribution < 1.29 is 23.5 Å². The Hall–Kier alpha value is -3.09. The first-order valence-electron chi connectivity index (χ1n) is 6.44. The van der Waals surface area contributed by atoms with Crippen molar-refractivity contribution in [1.29, 1.82) is 0 Å². The molecule has 2 rings (SSSR count). The largest absolute Gasteiger partial charge is 0.457 e. The van der Waals surface area contributed by atoms with Crippen LogP contribution in [-0.4, -0.2) is 25.0 Å². The fourth-order valence-corrected chi connectivity index (χ4v) is 1.70. The molecule has 2 aromatic rings. The van der Waals surface area contributed by atoms with E-state index < -0.39 is 24.0 Å². The molecule has 3 amide bonds. The molecular formula is C15H14N2O5. The zero-order valence-electron chi connectivity index (χ0n) is 11.7. The lowest BCUT2D eigenvalue weighted by atomic mass is 10.1. The highest BCUT2D eigenvalue weighted by molar-refractivity contribution is 5.98. The van der Waals surface area contributed by atoms with Gasteiger partial charge in [-0.15, -0.1) is 0 Å². The second-order valence-corrected chi connectivity index (χ2v) is 4.24. The van der Waals surface area contributed by atoms with E-state index in [1.165, 1.54) is 25.4 Å². The van der Waals surface area contributed by atoms with Gasteiger partial charge in [-0.2, -0.15) is 0 Å². The summed E-state index contributed by atoms with van der Waals surface area (Å²) >= 11 is 0. The molecule has 0 saturated carbocycles. The van der Waals surface area contributed by atoms with Gasteiger partial charge in [0.25, 0.3) is 5.91 Å². The quantitative estimate of drug-likeness (QED) is 0.837. The van der Waals surface area contributed by atoms with Crippen LogP contribution in [0.25, 0.3) is 0 Å². The molecule has 1 aromatic heterocycles. The minimum Gasteiger partial charge on any atom is -0.457 e. The smallest absolute Gasteiger partial charge is 0.375 e. The van der Waals surface area contributed by atoms with Gasteiger partial charge in [0.2, 0.25) is 11.9 Å². The molecule has 0 saturated heterocycles. The highest BCUT2D eigenvalue weighted by atomic mass is 16.6. The molecule has 1 aromatic carbocycles. The minimum atomic E-state index is -1.27. The molecule has 22 heavy (non-hydrogen) atoms. The maximum Gasteiger partial charge on any atom is 0.375 e. The van der Waals surface area contributed by atoms with Crippen molar-refractivity contribution in [3.05, 3.63) is 60.1 Å². The molecule has 7 heteroatoms. The number of urea groups is 1. The van der Waals surface area contributed by atoms with Crippen LogP contribution >= 0.6 is 0 Å². The first kappa shape index (κ1) is 15.3. The van der Waals surface area contributed by atoms with Crippen molar-refractivity contribution in [2.45, 2.75) is 6.10 Å². The van der Waals surface area contributed by atoms with Gasteiger partial charge in [0, 0.05) is 12.6 Å². The first-order chi connectivity index (χ1) is 10.6. The summed E-state index contributed by atoms with van der Waals surface area (Å²) in [5, 5.41) is 4.34. The monoisotopic (exact) mass is 302 g/mol. The second kappa shape index (κ2) is 7.07. The molecule has 7 nitrogen and oxygen atoms in total. The Morgan fingerprint density at radius 2 is 1.82 bits per heavy atom. The van der Waals surface area contributed by atoms with Crippen LogP contribution in [-0.2, 0) is 9.53 Å². The Labute approximate surface area is 126 Å². The van der Waals surface area contributed by atoms with Gasteiger partial charge in [-0.25, -0.2) is 9.59 Å². The van der Waals surface area contributed by atoms with E-state index in [2.05, 4.69) is 10.6 Å². The van der Waals surface area contributed by atoms with E-state index in [4.69, 9.17) is 9.15 Å². The number of imide groups is 1. The Balaban J connectivity index is 2.20. The summed E-state index contributed by atoms with van der Waals surface area (Å²) in [5.41, 5.74) is 0.434. The molecule has 0 aliphatic carbocycles. The number of nitrogens with one attached hydrogen (secondary N) is 2. The SMILES string of the molecule is CNC(=O)NC(=O)[C@H](OC(=O)c1ccco1)c1ccccc1. The lowest BCUT2D eigenvalue weighted by molar-refractivity contribution is -0.129. The average Bonchev–Trinajstić information content (AvgIpc) is 3.07. The van der Waals surface area contributed by atoms with Gasteiger partial charge in [-0.05, 0) is 12.1 Å². The van der Waals surface area contributed by atoms with Crippen LogP contribution < -0.4 is 10.6 Å². The van der Waals surface area contributed by atoms with E-state index >= 15 is 0 Å². The number of hydrogen-bond donors (Lipinski definition) is 2. The molecule has 1 atom stereocenters. The third-order valence-electron chi connectivity index (χ3n) is 2.75. The van der Waals surface area contributed by atoms with Crippen molar-refractivity contribution in [3.8, 4) is 0 Å². The number of esters is 1. The van der Waals surface area contributed by atoms with Crippen molar-refractivity contribution >= 4 is 17.9 Å². The predicted octanol–water partition coefficient (Wildman–Crippen LogP) is 1.63. The van der Waals surface area contributed by atoms with Gasteiger partial charge in [0.15, 0.2) is 0 Å². The van der Waals surface area contributed by atoms with Crippen LogP contribution in [0.2, 0.25) is 0 Å². The number of hydrogen-bond acceptors (Lipinski definition) is 5. The van der Waals surface area contributed by atoms with Crippen LogP contribution in [0.1, 0.15) is 22.2 Å². The molecular weight excluding hydrogens is 288 g/mol. The van der Waals surface area contributed by atoms with Crippen LogP contribution in [0.5, 0.6) is 0 Å². The summed E-state index contributed by atoms with van der Waals surface area (Å²) < 4.78 is 10.1. The van der Waals surface area contributed by atoms with Crippen LogP contribution in [0.4, 0.5) is 4.79 Å². The van der Waals surface area contributed by atoms with Gasteiger partial charge in [0.05, 0.1) is 6.26 Å². The number of ether oxygens (including phenoxy) is 1. The zero-order chi connectivity index (χ0) is 15.9. The maximum absolute atomic E-state index is 12.1. The Bertz CT molecular complexity index is 652. The van der Waals surface area contributed by atoms with E-state index in [0.717, 1.165) is 0 Å². The van der Waals surface area contributed by atoms with Gasteiger partial charge >= 0.3 is 12.0 Å². The Kier molecular flexibility index (Phi) is 4.92. The topological polar surface area (TPSA) is 97.6 Å². The average molecular weight is 302 g/mol. The number of rotatable bonds is 4. The molecule has 0 aliphatic heterocycles. The molecule has 0 unspecified atom stereocenters. The standard InChI is InChI=1S/C15H14N2O5/c1-16-15(20)17-13(18)12(10-6-3-2-4-7-10)22-14(19)11-8-5-9-21-11/h2-9,12H,1H3,(H2,16,17,18,20)/t12-/m1/s1. The summed E-state index contributed by atoms with van der Waals surface area (Å²) in [4.78, 5) is 35.4. The maximum atomic E-state index is 12.1. The van der Waals surface area contributed by atoms with Crippen molar-refractivity contribution in [1.82, 2.24) is 10.6 Å². The Morgan fingerprint density at radius 1 is 1.09 bits per heavy atom. The number of carbonyl (C=O) groups excluding carboxylic acids is 3. The predicted molar refractivity (Wildman–Crippen MR) is 75.9 cm³/mol. The summed E-state index contributed by atoms with van der Waals surface area (Å²) in [6.07, 6.45) is 0.0507. The lowest BCUT2D eigenvalue weighted by Gasteiger charge is -2.16. The summed E-state index contributed by atoms with van der Waals surface area (Å²) in [6, 6.07) is 10.6. The third kappa shape index (κ3) is 3.72. The molecule has 0 radical (unpaired) electrons. The van der Waals surface area contributed by atoms with E-state index in [1.54, 1.807) is 30.3 Å². The minimum absolute atomic E-state index is 0.0336. The van der Waals surface area contributed by atoms with Gasteiger partial charge < -0.3 is 14.5 Å². The highest BCUT2D eigenvalue weighted by Gasteiger charge is 2.27. The van der Waals surface area contributed by atoms with E-state index in [9.17, 15) is 14.4 Å².